The lowest BCUT2D eigenvalue weighted by Gasteiger charge is -2.05. The van der Waals surface area contributed by atoms with Gasteiger partial charge in [0.15, 0.2) is 0 Å². The first-order chi connectivity index (χ1) is 6.84. The van der Waals surface area contributed by atoms with Gasteiger partial charge in [-0.05, 0) is 25.4 Å². The fourth-order valence-electron chi connectivity index (χ4n) is 1.79. The highest BCUT2D eigenvalue weighted by Crippen LogP contribution is 2.14. The van der Waals surface area contributed by atoms with Crippen LogP contribution in [0.25, 0.3) is 0 Å². The molecule has 0 amide bonds. The number of aromatic nitrogens is 1. The Balaban J connectivity index is 1.78. The number of rotatable bonds is 4. The molecule has 3 nitrogen and oxygen atoms in total. The van der Waals surface area contributed by atoms with E-state index in [-0.39, 0.29) is 0 Å². The van der Waals surface area contributed by atoms with E-state index in [2.05, 4.69) is 10.3 Å². The Morgan fingerprint density at radius 1 is 1.71 bits per heavy atom. The summed E-state index contributed by atoms with van der Waals surface area (Å²) in [4.78, 5) is 15.7. The average molecular weight is 210 g/mol. The highest BCUT2D eigenvalue weighted by atomic mass is 32.1. The van der Waals surface area contributed by atoms with Crippen LogP contribution in [-0.2, 0) is 11.2 Å². The van der Waals surface area contributed by atoms with Crippen molar-refractivity contribution in [1.29, 1.82) is 0 Å². The highest BCUT2D eigenvalue weighted by molar-refractivity contribution is 7.09. The SMILES string of the molecule is O=C(Cc1nccs1)CC1CCNC1. The first kappa shape index (κ1) is 9.80. The molecule has 1 fully saturated rings. The summed E-state index contributed by atoms with van der Waals surface area (Å²) in [6.45, 7) is 2.07. The first-order valence-electron chi connectivity index (χ1n) is 4.95. The minimum absolute atomic E-state index is 0.327. The van der Waals surface area contributed by atoms with Crippen molar-refractivity contribution in [2.24, 2.45) is 5.92 Å². The summed E-state index contributed by atoms with van der Waals surface area (Å²) < 4.78 is 0. The number of carbonyl (C=O) groups excluding carboxylic acids is 1. The van der Waals surface area contributed by atoms with E-state index in [0.717, 1.165) is 24.5 Å². The third-order valence-electron chi connectivity index (χ3n) is 2.51. The van der Waals surface area contributed by atoms with Crippen LogP contribution in [0.5, 0.6) is 0 Å². The van der Waals surface area contributed by atoms with Gasteiger partial charge >= 0.3 is 0 Å². The fraction of sp³-hybridized carbons (Fsp3) is 0.600. The number of ketones is 1. The van der Waals surface area contributed by atoms with Crippen LogP contribution in [-0.4, -0.2) is 23.9 Å². The fourth-order valence-corrected chi connectivity index (χ4v) is 2.44. The van der Waals surface area contributed by atoms with Gasteiger partial charge in [0.1, 0.15) is 5.78 Å². The summed E-state index contributed by atoms with van der Waals surface area (Å²) in [5, 5.41) is 6.13. The molecule has 0 aromatic carbocycles. The van der Waals surface area contributed by atoms with E-state index >= 15 is 0 Å². The Kier molecular flexibility index (Phi) is 3.26. The van der Waals surface area contributed by atoms with E-state index in [0.29, 0.717) is 24.5 Å². The zero-order chi connectivity index (χ0) is 9.80. The van der Waals surface area contributed by atoms with E-state index < -0.39 is 0 Å². The summed E-state index contributed by atoms with van der Waals surface area (Å²) in [7, 11) is 0. The molecule has 14 heavy (non-hydrogen) atoms. The van der Waals surface area contributed by atoms with Crippen molar-refractivity contribution in [3.05, 3.63) is 16.6 Å². The molecule has 1 saturated heterocycles. The van der Waals surface area contributed by atoms with Crippen molar-refractivity contribution in [3.8, 4) is 0 Å². The summed E-state index contributed by atoms with van der Waals surface area (Å²) in [6, 6.07) is 0. The molecule has 1 atom stereocenters. The lowest BCUT2D eigenvalue weighted by Crippen LogP contribution is -2.13. The number of hydrogen-bond acceptors (Lipinski definition) is 4. The van der Waals surface area contributed by atoms with Crippen LogP contribution in [0.1, 0.15) is 17.8 Å². The number of nitrogens with one attached hydrogen (secondary N) is 1. The monoisotopic (exact) mass is 210 g/mol. The van der Waals surface area contributed by atoms with Gasteiger partial charge in [-0.1, -0.05) is 0 Å². The van der Waals surface area contributed by atoms with Gasteiger partial charge in [0, 0.05) is 18.0 Å². The molecule has 4 heteroatoms. The zero-order valence-corrected chi connectivity index (χ0v) is 8.85. The maximum Gasteiger partial charge on any atom is 0.140 e. The molecule has 0 saturated carbocycles. The summed E-state index contributed by atoms with van der Waals surface area (Å²) >= 11 is 1.56. The van der Waals surface area contributed by atoms with Crippen molar-refractivity contribution in [3.63, 3.8) is 0 Å². The van der Waals surface area contributed by atoms with Gasteiger partial charge in [-0.15, -0.1) is 11.3 Å². The molecule has 0 spiro atoms. The summed E-state index contributed by atoms with van der Waals surface area (Å²) in [5.41, 5.74) is 0. The minimum atomic E-state index is 0.327. The smallest absolute Gasteiger partial charge is 0.140 e. The Hall–Kier alpha value is -0.740. The highest BCUT2D eigenvalue weighted by Gasteiger charge is 2.18. The zero-order valence-electron chi connectivity index (χ0n) is 8.03. The van der Waals surface area contributed by atoms with Crippen LogP contribution < -0.4 is 5.32 Å². The van der Waals surface area contributed by atoms with E-state index in [1.807, 2.05) is 5.38 Å². The maximum atomic E-state index is 11.6. The molecule has 2 rings (SSSR count). The lowest BCUT2D eigenvalue weighted by atomic mass is 10.0. The number of thiazole rings is 1. The van der Waals surface area contributed by atoms with E-state index in [1.54, 1.807) is 17.5 Å². The van der Waals surface area contributed by atoms with Crippen LogP contribution in [0.4, 0.5) is 0 Å². The van der Waals surface area contributed by atoms with Crippen molar-refractivity contribution >= 4 is 17.1 Å². The molecule has 1 aliphatic heterocycles. The molecule has 1 N–H and O–H groups in total. The molecule has 76 valence electrons. The third-order valence-corrected chi connectivity index (χ3v) is 3.29. The van der Waals surface area contributed by atoms with Crippen molar-refractivity contribution in [1.82, 2.24) is 10.3 Å². The second-order valence-corrected chi connectivity index (χ2v) is 4.68. The van der Waals surface area contributed by atoms with Gasteiger partial charge < -0.3 is 5.32 Å². The Morgan fingerprint density at radius 3 is 3.29 bits per heavy atom. The Labute approximate surface area is 87.6 Å². The van der Waals surface area contributed by atoms with Gasteiger partial charge in [-0.2, -0.15) is 0 Å². The van der Waals surface area contributed by atoms with Gasteiger partial charge in [-0.3, -0.25) is 4.79 Å². The summed E-state index contributed by atoms with van der Waals surface area (Å²) in [6.07, 6.45) is 4.13. The van der Waals surface area contributed by atoms with Crippen LogP contribution in [0, 0.1) is 5.92 Å². The van der Waals surface area contributed by atoms with Crippen molar-refractivity contribution in [2.75, 3.05) is 13.1 Å². The minimum Gasteiger partial charge on any atom is -0.316 e. The van der Waals surface area contributed by atoms with Gasteiger partial charge in [0.05, 0.1) is 11.4 Å². The molecule has 1 aliphatic rings. The second-order valence-electron chi connectivity index (χ2n) is 3.70. The van der Waals surface area contributed by atoms with Gasteiger partial charge in [0.2, 0.25) is 0 Å². The quantitative estimate of drug-likeness (QED) is 0.813. The molecular formula is C10H14N2OS. The van der Waals surface area contributed by atoms with Gasteiger partial charge in [-0.25, -0.2) is 4.98 Å². The largest absolute Gasteiger partial charge is 0.316 e. The predicted molar refractivity (Wildman–Crippen MR) is 56.4 cm³/mol. The number of hydrogen-bond donors (Lipinski definition) is 1. The van der Waals surface area contributed by atoms with Crippen LogP contribution in [0.2, 0.25) is 0 Å². The molecule has 0 bridgehead atoms. The molecule has 1 aromatic rings. The van der Waals surface area contributed by atoms with E-state index in [1.165, 1.54) is 0 Å². The number of Topliss-reactive ketones (excluding diaryl/α,β-unsaturated/α-hetero) is 1. The van der Waals surface area contributed by atoms with Crippen LogP contribution >= 0.6 is 11.3 Å². The van der Waals surface area contributed by atoms with Gasteiger partial charge in [0.25, 0.3) is 0 Å². The molecular weight excluding hydrogens is 196 g/mol. The Bertz CT molecular complexity index is 291. The van der Waals surface area contributed by atoms with Crippen LogP contribution in [0.3, 0.4) is 0 Å². The number of carbonyl (C=O) groups is 1. The van der Waals surface area contributed by atoms with E-state index in [9.17, 15) is 4.79 Å². The standard InChI is InChI=1S/C10H14N2OS/c13-9(5-8-1-2-11-7-8)6-10-12-3-4-14-10/h3-4,8,11H,1-2,5-7H2. The molecule has 0 radical (unpaired) electrons. The first-order valence-corrected chi connectivity index (χ1v) is 5.83. The second kappa shape index (κ2) is 4.66. The Morgan fingerprint density at radius 2 is 2.64 bits per heavy atom. The van der Waals surface area contributed by atoms with E-state index in [4.69, 9.17) is 0 Å². The summed E-state index contributed by atoms with van der Waals surface area (Å²) in [5.74, 6) is 0.885. The molecule has 2 heterocycles. The van der Waals surface area contributed by atoms with Crippen LogP contribution in [0.15, 0.2) is 11.6 Å². The third kappa shape index (κ3) is 2.62. The maximum absolute atomic E-state index is 11.6. The molecule has 1 aromatic heterocycles. The topological polar surface area (TPSA) is 42.0 Å². The van der Waals surface area contributed by atoms with Crippen molar-refractivity contribution in [2.45, 2.75) is 19.3 Å². The number of nitrogens with zero attached hydrogens (tertiary/aromatic N) is 1. The molecule has 0 aliphatic carbocycles. The molecule has 1 unspecified atom stereocenters. The van der Waals surface area contributed by atoms with Crippen molar-refractivity contribution < 1.29 is 4.79 Å². The predicted octanol–water partition coefficient (Wildman–Crippen LogP) is 1.25. The average Bonchev–Trinajstić information content (AvgIpc) is 2.76. The normalized spacial score (nSPS) is 21.3. The lowest BCUT2D eigenvalue weighted by molar-refractivity contribution is -0.119.